The molecule has 0 spiro atoms. The highest BCUT2D eigenvalue weighted by Gasteiger charge is 2.37. The van der Waals surface area contributed by atoms with E-state index in [1.54, 1.807) is 43.6 Å². The normalized spacial score (nSPS) is 16.7. The van der Waals surface area contributed by atoms with E-state index in [0.717, 1.165) is 5.56 Å². The van der Waals surface area contributed by atoms with Crippen LogP contribution >= 0.6 is 0 Å². The summed E-state index contributed by atoms with van der Waals surface area (Å²) in [5.74, 6) is -2.29. The van der Waals surface area contributed by atoms with Gasteiger partial charge in [-0.15, -0.1) is 0 Å². The molecule has 0 bridgehead atoms. The number of benzene rings is 1. The van der Waals surface area contributed by atoms with Gasteiger partial charge in [0.05, 0.1) is 22.9 Å². The summed E-state index contributed by atoms with van der Waals surface area (Å²) >= 11 is 0. The number of hydrogen-bond acceptors (Lipinski definition) is 5. The average molecular weight is 364 g/mol. The highest BCUT2D eigenvalue weighted by molar-refractivity contribution is 6.33. The molecule has 0 fully saturated rings. The van der Waals surface area contributed by atoms with Crippen molar-refractivity contribution in [3.8, 4) is 0 Å². The molecule has 7 nitrogen and oxygen atoms in total. The van der Waals surface area contributed by atoms with E-state index in [4.69, 9.17) is 0 Å². The molecular formula is C20H20N4O3. The van der Waals surface area contributed by atoms with E-state index < -0.39 is 11.9 Å². The lowest BCUT2D eigenvalue weighted by atomic mass is 9.97. The lowest BCUT2D eigenvalue weighted by Gasteiger charge is -2.13. The van der Waals surface area contributed by atoms with Crippen LogP contribution in [-0.4, -0.2) is 27.7 Å². The number of carboxylic acid groups (broad SMARTS) is 1. The molecule has 1 atom stereocenters. The number of hydrazone groups is 1. The minimum absolute atomic E-state index is 0.243. The predicted molar refractivity (Wildman–Crippen MR) is 102 cm³/mol. The van der Waals surface area contributed by atoms with Crippen molar-refractivity contribution in [2.75, 3.05) is 5.01 Å². The van der Waals surface area contributed by atoms with Gasteiger partial charge < -0.3 is 10.4 Å². The molecule has 0 radical (unpaired) electrons. The fraction of sp³-hybridized carbons (Fsp3) is 0.200. The van der Waals surface area contributed by atoms with E-state index in [2.05, 4.69) is 15.4 Å². The summed E-state index contributed by atoms with van der Waals surface area (Å²) in [5.41, 5.74) is 2.65. The molecule has 1 aromatic heterocycles. The number of anilines is 1. The van der Waals surface area contributed by atoms with Crippen LogP contribution < -0.4 is 10.3 Å². The topological polar surface area (TPSA) is 94.9 Å². The third-order valence-electron chi connectivity index (χ3n) is 4.31. The van der Waals surface area contributed by atoms with Crippen LogP contribution in [0.1, 0.15) is 19.4 Å². The first-order chi connectivity index (χ1) is 13.0. The maximum absolute atomic E-state index is 13.0. The highest BCUT2D eigenvalue weighted by atomic mass is 16.4. The summed E-state index contributed by atoms with van der Waals surface area (Å²) in [7, 11) is 0. The van der Waals surface area contributed by atoms with Crippen LogP contribution in [0.15, 0.2) is 71.2 Å². The Morgan fingerprint density at radius 1 is 1.22 bits per heavy atom. The predicted octanol–water partition coefficient (Wildman–Crippen LogP) is 2.57. The Labute approximate surface area is 157 Å². The molecule has 1 aliphatic heterocycles. The molecule has 7 heteroatoms. The summed E-state index contributed by atoms with van der Waals surface area (Å²) in [6, 6.07) is 12.7. The number of aliphatic carboxylic acids is 1. The lowest BCUT2D eigenvalue weighted by Crippen LogP contribution is -2.28. The number of allylic oxidation sites excluding steroid dienone is 1. The van der Waals surface area contributed by atoms with Crippen LogP contribution in [0, 0.1) is 5.92 Å². The minimum atomic E-state index is -1.03. The van der Waals surface area contributed by atoms with Crippen LogP contribution in [-0.2, 0) is 16.1 Å². The third-order valence-corrected chi connectivity index (χ3v) is 4.31. The molecular weight excluding hydrogens is 344 g/mol. The fourth-order valence-corrected chi connectivity index (χ4v) is 2.76. The standard InChI is InChI=1S/C20H20N4O3/c1-13(20(26)27)18-17(14(2)22-12-15-7-6-10-21-11-15)19(25)24(23-18)16-8-4-3-5-9-16/h3-11,13,22H,12H2,1-2H3,(H,26,27). The highest BCUT2D eigenvalue weighted by Crippen LogP contribution is 2.27. The summed E-state index contributed by atoms with van der Waals surface area (Å²) < 4.78 is 0. The van der Waals surface area contributed by atoms with Crippen LogP contribution in [0.5, 0.6) is 0 Å². The van der Waals surface area contributed by atoms with Crippen LogP contribution in [0.4, 0.5) is 5.69 Å². The molecule has 2 heterocycles. The SMILES string of the molecule is CC(NCc1cccnc1)=C1C(=O)N(c2ccccc2)N=C1C(C)C(=O)O. The van der Waals surface area contributed by atoms with Crippen LogP contribution in [0.2, 0.25) is 0 Å². The van der Waals surface area contributed by atoms with E-state index in [9.17, 15) is 14.7 Å². The largest absolute Gasteiger partial charge is 0.481 e. The first kappa shape index (κ1) is 18.3. The van der Waals surface area contributed by atoms with Crippen molar-refractivity contribution in [3.05, 3.63) is 71.7 Å². The second-order valence-electron chi connectivity index (χ2n) is 6.21. The van der Waals surface area contributed by atoms with Gasteiger partial charge in [-0.25, -0.2) is 0 Å². The Morgan fingerprint density at radius 3 is 2.59 bits per heavy atom. The molecule has 2 N–H and O–H groups in total. The van der Waals surface area contributed by atoms with Gasteiger partial charge in [0, 0.05) is 24.6 Å². The molecule has 3 rings (SSSR count). The van der Waals surface area contributed by atoms with Crippen molar-refractivity contribution in [1.29, 1.82) is 0 Å². The first-order valence-electron chi connectivity index (χ1n) is 8.54. The number of nitrogens with one attached hydrogen (secondary N) is 1. The Bertz CT molecular complexity index is 907. The quantitative estimate of drug-likeness (QED) is 0.768. The van der Waals surface area contributed by atoms with Crippen molar-refractivity contribution >= 4 is 23.3 Å². The van der Waals surface area contributed by atoms with E-state index in [1.165, 1.54) is 11.9 Å². The Kier molecular flexibility index (Phi) is 5.30. The third kappa shape index (κ3) is 3.87. The van der Waals surface area contributed by atoms with Crippen LogP contribution in [0.3, 0.4) is 0 Å². The maximum Gasteiger partial charge on any atom is 0.312 e. The zero-order valence-electron chi connectivity index (χ0n) is 15.1. The number of carboxylic acids is 1. The van der Waals surface area contributed by atoms with Gasteiger partial charge in [0.15, 0.2) is 0 Å². The molecule has 1 unspecified atom stereocenters. The van der Waals surface area contributed by atoms with Gasteiger partial charge in [0.2, 0.25) is 0 Å². The average Bonchev–Trinajstić information content (AvgIpc) is 3.04. The van der Waals surface area contributed by atoms with Gasteiger partial charge in [0.25, 0.3) is 5.91 Å². The van der Waals surface area contributed by atoms with Gasteiger partial charge in [-0.05, 0) is 37.6 Å². The van der Waals surface area contributed by atoms with E-state index in [-0.39, 0.29) is 17.2 Å². The van der Waals surface area contributed by atoms with Crippen molar-refractivity contribution in [2.24, 2.45) is 11.0 Å². The number of hydrogen-bond donors (Lipinski definition) is 2. The number of aromatic nitrogens is 1. The minimum Gasteiger partial charge on any atom is -0.481 e. The van der Waals surface area contributed by atoms with Crippen LogP contribution in [0.25, 0.3) is 0 Å². The molecule has 1 aliphatic rings. The molecule has 27 heavy (non-hydrogen) atoms. The monoisotopic (exact) mass is 364 g/mol. The number of para-hydroxylation sites is 1. The zero-order chi connectivity index (χ0) is 19.4. The molecule has 0 saturated heterocycles. The Morgan fingerprint density at radius 2 is 1.96 bits per heavy atom. The number of nitrogens with zero attached hydrogens (tertiary/aromatic N) is 3. The number of carbonyl (C=O) groups is 2. The second-order valence-corrected chi connectivity index (χ2v) is 6.21. The van der Waals surface area contributed by atoms with Crippen molar-refractivity contribution in [3.63, 3.8) is 0 Å². The summed E-state index contributed by atoms with van der Waals surface area (Å²) in [6.45, 7) is 3.75. The summed E-state index contributed by atoms with van der Waals surface area (Å²) in [5, 5.41) is 18.2. The Hall–Kier alpha value is -3.48. The fourth-order valence-electron chi connectivity index (χ4n) is 2.76. The van der Waals surface area contributed by atoms with Crippen molar-refractivity contribution in [1.82, 2.24) is 10.3 Å². The second kappa shape index (κ2) is 7.82. The van der Waals surface area contributed by atoms with Gasteiger partial charge >= 0.3 is 5.97 Å². The van der Waals surface area contributed by atoms with E-state index in [0.29, 0.717) is 17.9 Å². The number of carbonyl (C=O) groups excluding carboxylic acids is 1. The smallest absolute Gasteiger partial charge is 0.312 e. The molecule has 0 aliphatic carbocycles. The summed E-state index contributed by atoms with van der Waals surface area (Å²) in [6.07, 6.45) is 3.42. The lowest BCUT2D eigenvalue weighted by molar-refractivity contribution is -0.138. The number of rotatable bonds is 6. The molecule has 1 amide bonds. The maximum atomic E-state index is 13.0. The molecule has 0 saturated carbocycles. The zero-order valence-corrected chi connectivity index (χ0v) is 15.1. The van der Waals surface area contributed by atoms with Gasteiger partial charge in [0.1, 0.15) is 0 Å². The number of pyridine rings is 1. The number of amides is 1. The van der Waals surface area contributed by atoms with Gasteiger partial charge in [-0.2, -0.15) is 10.1 Å². The van der Waals surface area contributed by atoms with E-state index >= 15 is 0 Å². The van der Waals surface area contributed by atoms with Gasteiger partial charge in [-0.1, -0.05) is 24.3 Å². The molecule has 138 valence electrons. The Balaban J connectivity index is 1.94. The molecule has 1 aromatic carbocycles. The van der Waals surface area contributed by atoms with Crippen molar-refractivity contribution < 1.29 is 14.7 Å². The van der Waals surface area contributed by atoms with Crippen molar-refractivity contribution in [2.45, 2.75) is 20.4 Å². The first-order valence-corrected chi connectivity index (χ1v) is 8.54. The van der Waals surface area contributed by atoms with E-state index in [1.807, 2.05) is 18.2 Å². The summed E-state index contributed by atoms with van der Waals surface area (Å²) in [4.78, 5) is 28.6. The van der Waals surface area contributed by atoms with Gasteiger partial charge in [-0.3, -0.25) is 14.6 Å². The molecule has 2 aromatic rings.